The number of carbonyl (C=O) groups is 1. The maximum atomic E-state index is 11.8. The fourth-order valence-electron chi connectivity index (χ4n) is 1.54. The van der Waals surface area contributed by atoms with Gasteiger partial charge in [0.25, 0.3) is 0 Å². The van der Waals surface area contributed by atoms with E-state index in [1.807, 2.05) is 12.1 Å². The van der Waals surface area contributed by atoms with E-state index in [-0.39, 0.29) is 6.03 Å². The Kier molecular flexibility index (Phi) is 5.32. The highest BCUT2D eigenvalue weighted by atomic mass is 79.9. The molecule has 0 aliphatic rings. The highest BCUT2D eigenvalue weighted by Crippen LogP contribution is 2.16. The van der Waals surface area contributed by atoms with E-state index in [2.05, 4.69) is 31.3 Å². The van der Waals surface area contributed by atoms with E-state index < -0.39 is 11.3 Å². The summed E-state index contributed by atoms with van der Waals surface area (Å²) in [6.07, 6.45) is 0. The fraction of sp³-hybridized carbons (Fsp3) is 0. The Morgan fingerprint density at radius 1 is 0.905 bits per heavy atom. The third kappa shape index (κ3) is 5.18. The Balaban J connectivity index is 1.93. The van der Waals surface area contributed by atoms with Gasteiger partial charge in [-0.05, 0) is 48.5 Å². The molecule has 0 bridgehead atoms. The van der Waals surface area contributed by atoms with Gasteiger partial charge in [0, 0.05) is 32.8 Å². The maximum absolute atomic E-state index is 11.8. The first-order valence-electron chi connectivity index (χ1n) is 5.82. The molecule has 1 unspecified atom stereocenters. The molecule has 110 valence electrons. The van der Waals surface area contributed by atoms with Gasteiger partial charge in [0.15, 0.2) is 0 Å². The van der Waals surface area contributed by atoms with Crippen LogP contribution < -0.4 is 15.4 Å². The summed E-state index contributed by atoms with van der Waals surface area (Å²) in [6.45, 7) is 0. The van der Waals surface area contributed by atoms with Gasteiger partial charge in [-0.2, -0.15) is 0 Å². The number of benzene rings is 2. The van der Waals surface area contributed by atoms with E-state index in [1.165, 1.54) is 0 Å². The van der Waals surface area contributed by atoms with Crippen LogP contribution >= 0.6 is 15.9 Å². The zero-order chi connectivity index (χ0) is 15.2. The van der Waals surface area contributed by atoms with Crippen LogP contribution in [0.3, 0.4) is 0 Å². The quantitative estimate of drug-likeness (QED) is 0.722. The molecule has 8 heteroatoms. The standard InChI is InChI=1S/C13H12BrN3O3S/c14-9-1-3-10(4-2-9)15-13(18)16-11-5-7-12(8-6-11)17-21(19)20/h1-8,17H,(H,19,20)(H2,15,16,18)/p-1. The number of halogens is 1. The maximum Gasteiger partial charge on any atom is 0.323 e. The molecule has 0 aromatic heterocycles. The molecule has 1 atom stereocenters. The predicted octanol–water partition coefficient (Wildman–Crippen LogP) is 3.30. The Morgan fingerprint density at radius 2 is 1.33 bits per heavy atom. The number of anilines is 3. The first-order chi connectivity index (χ1) is 10.0. The Morgan fingerprint density at radius 3 is 1.81 bits per heavy atom. The smallest absolute Gasteiger partial charge is 0.323 e. The number of nitrogens with one attached hydrogen (secondary N) is 3. The largest absolute Gasteiger partial charge is 0.755 e. The average molecular weight is 369 g/mol. The minimum atomic E-state index is -2.37. The molecule has 0 heterocycles. The van der Waals surface area contributed by atoms with Crippen LogP contribution in [0.25, 0.3) is 0 Å². The van der Waals surface area contributed by atoms with Gasteiger partial charge in [-0.25, -0.2) is 4.79 Å². The highest BCUT2D eigenvalue weighted by molar-refractivity contribution is 9.10. The van der Waals surface area contributed by atoms with Gasteiger partial charge in [0.1, 0.15) is 0 Å². The molecule has 21 heavy (non-hydrogen) atoms. The molecular weight excluding hydrogens is 358 g/mol. The van der Waals surface area contributed by atoms with Gasteiger partial charge < -0.3 is 19.9 Å². The van der Waals surface area contributed by atoms with Gasteiger partial charge in [-0.1, -0.05) is 15.9 Å². The zero-order valence-electron chi connectivity index (χ0n) is 10.6. The summed E-state index contributed by atoms with van der Waals surface area (Å²) in [4.78, 5) is 11.8. The topological polar surface area (TPSA) is 93.3 Å². The van der Waals surface area contributed by atoms with Crippen molar-refractivity contribution in [1.82, 2.24) is 0 Å². The van der Waals surface area contributed by atoms with E-state index in [0.717, 1.165) is 4.47 Å². The molecule has 0 aliphatic carbocycles. The van der Waals surface area contributed by atoms with Crippen molar-refractivity contribution >= 4 is 50.3 Å². The minimum absolute atomic E-state index is 0.384. The van der Waals surface area contributed by atoms with E-state index >= 15 is 0 Å². The second kappa shape index (κ2) is 7.21. The van der Waals surface area contributed by atoms with Crippen molar-refractivity contribution in [2.24, 2.45) is 0 Å². The molecular formula is C13H11BrN3O3S-. The summed E-state index contributed by atoms with van der Waals surface area (Å²) in [5, 5.41) is 5.32. The first-order valence-corrected chi connectivity index (χ1v) is 7.69. The van der Waals surface area contributed by atoms with Gasteiger partial charge in [-0.15, -0.1) is 0 Å². The van der Waals surface area contributed by atoms with Crippen molar-refractivity contribution in [1.29, 1.82) is 0 Å². The molecule has 2 aromatic rings. The molecule has 0 saturated carbocycles. The lowest BCUT2D eigenvalue weighted by atomic mass is 10.3. The third-order valence-electron chi connectivity index (χ3n) is 2.45. The summed E-state index contributed by atoms with van der Waals surface area (Å²) < 4.78 is 24.1. The molecule has 6 nitrogen and oxygen atoms in total. The van der Waals surface area contributed by atoms with E-state index in [4.69, 9.17) is 0 Å². The van der Waals surface area contributed by atoms with Crippen LogP contribution in [0, 0.1) is 0 Å². The lowest BCUT2D eigenvalue weighted by Gasteiger charge is -2.10. The normalized spacial score (nSPS) is 11.5. The van der Waals surface area contributed by atoms with E-state index in [9.17, 15) is 13.6 Å². The molecule has 2 amide bonds. The van der Waals surface area contributed by atoms with Crippen LogP contribution in [0.5, 0.6) is 0 Å². The summed E-state index contributed by atoms with van der Waals surface area (Å²) in [7, 11) is 0. The summed E-state index contributed by atoms with van der Waals surface area (Å²) in [6, 6.07) is 13.1. The molecule has 2 aromatic carbocycles. The van der Waals surface area contributed by atoms with Crippen LogP contribution in [0.1, 0.15) is 0 Å². The van der Waals surface area contributed by atoms with Crippen molar-refractivity contribution in [3.63, 3.8) is 0 Å². The number of amides is 2. The van der Waals surface area contributed by atoms with Crippen LogP contribution in [0.15, 0.2) is 53.0 Å². The molecule has 2 rings (SSSR count). The first kappa shape index (κ1) is 15.5. The molecule has 0 radical (unpaired) electrons. The SMILES string of the molecule is O=C(Nc1ccc(Br)cc1)Nc1ccc(NS(=O)[O-])cc1. The molecule has 0 saturated heterocycles. The van der Waals surface area contributed by atoms with Gasteiger partial charge >= 0.3 is 6.03 Å². The average Bonchev–Trinajstić information content (AvgIpc) is 2.43. The van der Waals surface area contributed by atoms with Crippen LogP contribution in [-0.2, 0) is 11.3 Å². The lowest BCUT2D eigenvalue weighted by molar-refractivity contribution is 0.262. The van der Waals surface area contributed by atoms with E-state index in [0.29, 0.717) is 17.1 Å². The van der Waals surface area contributed by atoms with Crippen molar-refractivity contribution in [3.8, 4) is 0 Å². The van der Waals surface area contributed by atoms with Gasteiger partial charge in [0.05, 0.1) is 0 Å². The Labute approximate surface area is 132 Å². The number of hydrogen-bond acceptors (Lipinski definition) is 3. The summed E-state index contributed by atoms with van der Waals surface area (Å²) >= 11 is 0.945. The van der Waals surface area contributed by atoms with Crippen molar-refractivity contribution in [2.45, 2.75) is 0 Å². The Bertz CT molecular complexity index is 647. The summed E-state index contributed by atoms with van der Waals surface area (Å²) in [5.74, 6) is 0. The molecule has 0 spiro atoms. The van der Waals surface area contributed by atoms with Crippen LogP contribution in [0.4, 0.5) is 21.9 Å². The third-order valence-corrected chi connectivity index (χ3v) is 3.38. The second-order valence-corrected chi connectivity index (χ2v) is 5.59. The van der Waals surface area contributed by atoms with Gasteiger partial charge in [0.2, 0.25) is 0 Å². The van der Waals surface area contributed by atoms with Crippen LogP contribution in [0.2, 0.25) is 0 Å². The molecule has 0 fully saturated rings. The number of hydrogen-bond donors (Lipinski definition) is 3. The highest BCUT2D eigenvalue weighted by Gasteiger charge is 2.02. The minimum Gasteiger partial charge on any atom is -0.755 e. The fourth-order valence-corrected chi connectivity index (χ4v) is 2.14. The van der Waals surface area contributed by atoms with Crippen molar-refractivity contribution in [3.05, 3.63) is 53.0 Å². The Hall–Kier alpha value is -1.90. The second-order valence-electron chi connectivity index (χ2n) is 4.00. The molecule has 3 N–H and O–H groups in total. The van der Waals surface area contributed by atoms with Crippen molar-refractivity contribution in [2.75, 3.05) is 15.4 Å². The summed E-state index contributed by atoms with van der Waals surface area (Å²) in [5.41, 5.74) is 1.63. The number of carbonyl (C=O) groups excluding carboxylic acids is 1. The van der Waals surface area contributed by atoms with Gasteiger partial charge in [-0.3, -0.25) is 4.21 Å². The van der Waals surface area contributed by atoms with Crippen LogP contribution in [-0.4, -0.2) is 14.8 Å². The van der Waals surface area contributed by atoms with E-state index in [1.54, 1.807) is 36.4 Å². The molecule has 0 aliphatic heterocycles. The zero-order valence-corrected chi connectivity index (χ0v) is 13.0. The number of rotatable bonds is 4. The lowest BCUT2D eigenvalue weighted by Crippen LogP contribution is -2.19. The van der Waals surface area contributed by atoms with Crippen molar-refractivity contribution < 1.29 is 13.6 Å². The predicted molar refractivity (Wildman–Crippen MR) is 85.8 cm³/mol. The number of urea groups is 1. The monoisotopic (exact) mass is 368 g/mol.